The second-order valence-electron chi connectivity index (χ2n) is 6.09. The van der Waals surface area contributed by atoms with Crippen molar-refractivity contribution in [2.75, 3.05) is 0 Å². The van der Waals surface area contributed by atoms with Crippen LogP contribution in [0.3, 0.4) is 0 Å². The molecule has 24 heavy (non-hydrogen) atoms. The summed E-state index contributed by atoms with van der Waals surface area (Å²) in [5.74, 6) is 0.721. The Labute approximate surface area is 145 Å². The molecule has 1 amide bonds. The molecule has 0 radical (unpaired) electrons. The summed E-state index contributed by atoms with van der Waals surface area (Å²) in [5.41, 5.74) is 3.37. The minimum Gasteiger partial charge on any atom is -0.480 e. The van der Waals surface area contributed by atoms with Crippen LogP contribution in [0.1, 0.15) is 49.4 Å². The lowest BCUT2D eigenvalue weighted by Crippen LogP contribution is -2.40. The van der Waals surface area contributed by atoms with E-state index in [1.54, 1.807) is 0 Å². The van der Waals surface area contributed by atoms with Gasteiger partial charge in [0.25, 0.3) is 5.91 Å². The number of ether oxygens (including phenoxy) is 1. The molecule has 2 atom stereocenters. The van der Waals surface area contributed by atoms with Gasteiger partial charge in [-0.2, -0.15) is 0 Å². The standard InChI is InChI=1S/C21H27NO2/c1-5-18(17-12-8-7-9-13-17)22-21(23)19(6-2)24-20-14-10-11-15(3)16(20)4/h7-14,18-19H,5-6H2,1-4H3,(H,22,23). The molecule has 0 bridgehead atoms. The zero-order chi connectivity index (χ0) is 17.5. The van der Waals surface area contributed by atoms with Crippen molar-refractivity contribution < 1.29 is 9.53 Å². The third-order valence-corrected chi connectivity index (χ3v) is 4.41. The van der Waals surface area contributed by atoms with Gasteiger partial charge in [-0.15, -0.1) is 0 Å². The fourth-order valence-corrected chi connectivity index (χ4v) is 2.70. The van der Waals surface area contributed by atoms with Crippen LogP contribution in [-0.2, 0) is 4.79 Å². The quantitative estimate of drug-likeness (QED) is 0.799. The first-order valence-corrected chi connectivity index (χ1v) is 8.65. The molecule has 0 saturated heterocycles. The average Bonchev–Trinajstić information content (AvgIpc) is 2.61. The fraction of sp³-hybridized carbons (Fsp3) is 0.381. The van der Waals surface area contributed by atoms with E-state index < -0.39 is 6.10 Å². The molecule has 0 aliphatic heterocycles. The van der Waals surface area contributed by atoms with Crippen molar-refractivity contribution in [3.63, 3.8) is 0 Å². The Balaban J connectivity index is 2.09. The number of amides is 1. The summed E-state index contributed by atoms with van der Waals surface area (Å²) >= 11 is 0. The molecule has 0 aromatic heterocycles. The average molecular weight is 325 g/mol. The van der Waals surface area contributed by atoms with Crippen molar-refractivity contribution in [2.45, 2.75) is 52.7 Å². The summed E-state index contributed by atoms with van der Waals surface area (Å²) < 4.78 is 6.01. The molecule has 128 valence electrons. The zero-order valence-corrected chi connectivity index (χ0v) is 15.0. The summed E-state index contributed by atoms with van der Waals surface area (Å²) in [4.78, 5) is 12.7. The highest BCUT2D eigenvalue weighted by atomic mass is 16.5. The molecule has 1 N–H and O–H groups in total. The van der Waals surface area contributed by atoms with Crippen molar-refractivity contribution in [3.8, 4) is 5.75 Å². The van der Waals surface area contributed by atoms with E-state index in [0.29, 0.717) is 6.42 Å². The SMILES string of the molecule is CCC(Oc1cccc(C)c1C)C(=O)NC(CC)c1ccccc1. The lowest BCUT2D eigenvalue weighted by molar-refractivity contribution is -0.129. The van der Waals surface area contributed by atoms with Crippen LogP contribution in [-0.4, -0.2) is 12.0 Å². The Morgan fingerprint density at radius 1 is 1.00 bits per heavy atom. The first kappa shape index (κ1) is 18.1. The molecule has 0 heterocycles. The van der Waals surface area contributed by atoms with Crippen molar-refractivity contribution in [1.29, 1.82) is 0 Å². The maximum atomic E-state index is 12.7. The van der Waals surface area contributed by atoms with Crippen LogP contribution in [0.5, 0.6) is 5.75 Å². The topological polar surface area (TPSA) is 38.3 Å². The minimum atomic E-state index is -0.483. The van der Waals surface area contributed by atoms with Crippen molar-refractivity contribution >= 4 is 5.91 Å². The Kier molecular flexibility index (Phi) is 6.42. The minimum absolute atomic E-state index is 0.00922. The van der Waals surface area contributed by atoms with Gasteiger partial charge in [0.05, 0.1) is 6.04 Å². The normalized spacial score (nSPS) is 13.2. The molecule has 2 aromatic carbocycles. The highest BCUT2D eigenvalue weighted by molar-refractivity contribution is 5.81. The first-order valence-electron chi connectivity index (χ1n) is 8.65. The summed E-state index contributed by atoms with van der Waals surface area (Å²) in [7, 11) is 0. The highest BCUT2D eigenvalue weighted by Gasteiger charge is 2.22. The van der Waals surface area contributed by atoms with Gasteiger partial charge in [0.2, 0.25) is 0 Å². The van der Waals surface area contributed by atoms with Crippen molar-refractivity contribution in [2.24, 2.45) is 0 Å². The first-order chi connectivity index (χ1) is 11.6. The van der Waals surface area contributed by atoms with Gasteiger partial charge in [-0.05, 0) is 49.4 Å². The van der Waals surface area contributed by atoms with Crippen LogP contribution in [0.2, 0.25) is 0 Å². The predicted octanol–water partition coefficient (Wildman–Crippen LogP) is 4.73. The third-order valence-electron chi connectivity index (χ3n) is 4.41. The highest BCUT2D eigenvalue weighted by Crippen LogP contribution is 2.23. The van der Waals surface area contributed by atoms with Gasteiger partial charge in [-0.3, -0.25) is 4.79 Å². The number of rotatable bonds is 7. The van der Waals surface area contributed by atoms with Crippen LogP contribution >= 0.6 is 0 Å². The van der Waals surface area contributed by atoms with Crippen LogP contribution in [0, 0.1) is 13.8 Å². The van der Waals surface area contributed by atoms with Crippen LogP contribution in [0.25, 0.3) is 0 Å². The van der Waals surface area contributed by atoms with E-state index in [9.17, 15) is 4.79 Å². The summed E-state index contributed by atoms with van der Waals surface area (Å²) in [5, 5.41) is 3.12. The van der Waals surface area contributed by atoms with Crippen LogP contribution in [0.15, 0.2) is 48.5 Å². The van der Waals surface area contributed by atoms with Crippen LogP contribution < -0.4 is 10.1 Å². The van der Waals surface area contributed by atoms with E-state index in [1.165, 1.54) is 5.56 Å². The molecule has 0 saturated carbocycles. The Morgan fingerprint density at radius 2 is 1.71 bits per heavy atom. The molecule has 0 fully saturated rings. The van der Waals surface area contributed by atoms with Crippen molar-refractivity contribution in [1.82, 2.24) is 5.32 Å². The number of aryl methyl sites for hydroxylation is 1. The van der Waals surface area contributed by atoms with Gasteiger partial charge in [0.1, 0.15) is 5.75 Å². The number of hydrogen-bond donors (Lipinski definition) is 1. The molecule has 3 heteroatoms. The number of carbonyl (C=O) groups excluding carboxylic acids is 1. The molecular formula is C21H27NO2. The van der Waals surface area contributed by atoms with Gasteiger partial charge in [-0.25, -0.2) is 0 Å². The van der Waals surface area contributed by atoms with Gasteiger partial charge < -0.3 is 10.1 Å². The molecule has 2 unspecified atom stereocenters. The predicted molar refractivity (Wildman–Crippen MR) is 98.2 cm³/mol. The number of hydrogen-bond acceptors (Lipinski definition) is 2. The van der Waals surface area contributed by atoms with E-state index in [-0.39, 0.29) is 11.9 Å². The van der Waals surface area contributed by atoms with E-state index in [4.69, 9.17) is 4.74 Å². The lowest BCUT2D eigenvalue weighted by Gasteiger charge is -2.23. The molecular weight excluding hydrogens is 298 g/mol. The second-order valence-corrected chi connectivity index (χ2v) is 6.09. The van der Waals surface area contributed by atoms with Crippen LogP contribution in [0.4, 0.5) is 0 Å². The Bertz CT molecular complexity index is 667. The van der Waals surface area contributed by atoms with Gasteiger partial charge >= 0.3 is 0 Å². The molecule has 0 aliphatic rings. The summed E-state index contributed by atoms with van der Waals surface area (Å²) in [6.45, 7) is 8.11. The van der Waals surface area contributed by atoms with Gasteiger partial charge in [-0.1, -0.05) is 56.3 Å². The number of nitrogens with one attached hydrogen (secondary N) is 1. The lowest BCUT2D eigenvalue weighted by atomic mass is 10.0. The third kappa shape index (κ3) is 4.38. The summed E-state index contributed by atoms with van der Waals surface area (Å²) in [6, 6.07) is 16.0. The molecule has 2 rings (SSSR count). The fourth-order valence-electron chi connectivity index (χ4n) is 2.70. The monoisotopic (exact) mass is 325 g/mol. The molecule has 0 spiro atoms. The Hall–Kier alpha value is -2.29. The van der Waals surface area contributed by atoms with E-state index in [1.807, 2.05) is 69.3 Å². The number of carbonyl (C=O) groups is 1. The molecule has 0 aliphatic carbocycles. The van der Waals surface area contributed by atoms with E-state index in [2.05, 4.69) is 12.2 Å². The van der Waals surface area contributed by atoms with Gasteiger partial charge in [0, 0.05) is 0 Å². The summed E-state index contributed by atoms with van der Waals surface area (Å²) in [6.07, 6.45) is 0.989. The van der Waals surface area contributed by atoms with E-state index >= 15 is 0 Å². The maximum absolute atomic E-state index is 12.7. The maximum Gasteiger partial charge on any atom is 0.261 e. The largest absolute Gasteiger partial charge is 0.480 e. The second kappa shape index (κ2) is 8.53. The molecule has 3 nitrogen and oxygen atoms in total. The number of benzene rings is 2. The van der Waals surface area contributed by atoms with E-state index in [0.717, 1.165) is 23.3 Å². The molecule has 2 aromatic rings. The zero-order valence-electron chi connectivity index (χ0n) is 15.0. The van der Waals surface area contributed by atoms with Gasteiger partial charge in [0.15, 0.2) is 6.10 Å². The smallest absolute Gasteiger partial charge is 0.261 e. The Morgan fingerprint density at radius 3 is 2.33 bits per heavy atom. The van der Waals surface area contributed by atoms with Crippen molar-refractivity contribution in [3.05, 3.63) is 65.2 Å².